The predicted octanol–water partition coefficient (Wildman–Crippen LogP) is -0.785. The zero-order chi connectivity index (χ0) is 13.2. The molecule has 2 atom stereocenters. The Hall–Kier alpha value is -1.14. The van der Waals surface area contributed by atoms with E-state index in [9.17, 15) is 9.59 Å². The van der Waals surface area contributed by atoms with Crippen LogP contribution in [0.4, 0.5) is 0 Å². The number of morpholine rings is 1. The summed E-state index contributed by atoms with van der Waals surface area (Å²) in [6.45, 7) is 6.71. The standard InChI is InChI=1S/C11H21N3O3/c1-7-5-14(6-11(2,3)17-7)10(16)8(12)4-9(13)15/h7-8H,4-6,12H2,1-3H3,(H2,13,15). The lowest BCUT2D eigenvalue weighted by atomic mass is 10.0. The van der Waals surface area contributed by atoms with Crippen LogP contribution in [0.2, 0.25) is 0 Å². The molecule has 17 heavy (non-hydrogen) atoms. The molecule has 6 heteroatoms. The van der Waals surface area contributed by atoms with Gasteiger partial charge in [0, 0.05) is 13.1 Å². The lowest BCUT2D eigenvalue weighted by molar-refractivity contribution is -0.159. The number of carbonyl (C=O) groups excluding carboxylic acids is 2. The van der Waals surface area contributed by atoms with Gasteiger partial charge in [-0.1, -0.05) is 0 Å². The van der Waals surface area contributed by atoms with Gasteiger partial charge in [-0.25, -0.2) is 0 Å². The van der Waals surface area contributed by atoms with E-state index >= 15 is 0 Å². The van der Waals surface area contributed by atoms with E-state index in [-0.39, 0.29) is 24.0 Å². The molecule has 0 aliphatic carbocycles. The SMILES string of the molecule is CC1CN(C(=O)C(N)CC(N)=O)CC(C)(C)O1. The van der Waals surface area contributed by atoms with Crippen LogP contribution in [0.15, 0.2) is 0 Å². The molecule has 1 fully saturated rings. The third kappa shape index (κ3) is 3.98. The van der Waals surface area contributed by atoms with Crippen molar-refractivity contribution in [3.63, 3.8) is 0 Å². The summed E-state index contributed by atoms with van der Waals surface area (Å²) < 4.78 is 5.69. The molecule has 1 aliphatic heterocycles. The smallest absolute Gasteiger partial charge is 0.240 e. The maximum atomic E-state index is 12.0. The van der Waals surface area contributed by atoms with E-state index in [0.717, 1.165) is 0 Å². The van der Waals surface area contributed by atoms with Crippen molar-refractivity contribution in [2.75, 3.05) is 13.1 Å². The van der Waals surface area contributed by atoms with Crippen LogP contribution < -0.4 is 11.5 Å². The number of carbonyl (C=O) groups is 2. The van der Waals surface area contributed by atoms with Crippen LogP contribution >= 0.6 is 0 Å². The van der Waals surface area contributed by atoms with Gasteiger partial charge in [-0.05, 0) is 20.8 Å². The number of primary amides is 1. The third-order valence-corrected chi connectivity index (χ3v) is 2.62. The second-order valence-corrected chi connectivity index (χ2v) is 5.18. The van der Waals surface area contributed by atoms with E-state index in [1.807, 2.05) is 20.8 Å². The van der Waals surface area contributed by atoms with E-state index in [4.69, 9.17) is 16.2 Å². The molecule has 1 saturated heterocycles. The number of rotatable bonds is 3. The Morgan fingerprint density at radius 3 is 2.59 bits per heavy atom. The minimum Gasteiger partial charge on any atom is -0.370 e. The van der Waals surface area contributed by atoms with Crippen LogP contribution in [0, 0.1) is 0 Å². The molecule has 0 aromatic carbocycles. The monoisotopic (exact) mass is 243 g/mol. The Bertz CT molecular complexity index is 317. The summed E-state index contributed by atoms with van der Waals surface area (Å²) in [6, 6.07) is -0.853. The van der Waals surface area contributed by atoms with Crippen LogP contribution in [-0.2, 0) is 14.3 Å². The first-order valence-corrected chi connectivity index (χ1v) is 5.72. The summed E-state index contributed by atoms with van der Waals surface area (Å²) in [4.78, 5) is 24.4. The van der Waals surface area contributed by atoms with Gasteiger partial charge >= 0.3 is 0 Å². The molecule has 1 heterocycles. The third-order valence-electron chi connectivity index (χ3n) is 2.62. The fourth-order valence-electron chi connectivity index (χ4n) is 2.16. The van der Waals surface area contributed by atoms with Gasteiger partial charge in [-0.15, -0.1) is 0 Å². The minimum atomic E-state index is -0.853. The molecule has 0 aromatic heterocycles. The summed E-state index contributed by atoms with van der Waals surface area (Å²) in [5, 5.41) is 0. The number of nitrogens with two attached hydrogens (primary N) is 2. The number of nitrogens with zero attached hydrogens (tertiary/aromatic N) is 1. The van der Waals surface area contributed by atoms with Gasteiger partial charge in [-0.2, -0.15) is 0 Å². The summed E-state index contributed by atoms with van der Waals surface area (Å²) in [6.07, 6.45) is -0.158. The number of hydrogen-bond donors (Lipinski definition) is 2. The summed E-state index contributed by atoms with van der Waals surface area (Å²) >= 11 is 0. The maximum Gasteiger partial charge on any atom is 0.240 e. The van der Waals surface area contributed by atoms with Crippen molar-refractivity contribution in [2.24, 2.45) is 11.5 Å². The highest BCUT2D eigenvalue weighted by Gasteiger charge is 2.35. The molecule has 0 bridgehead atoms. The van der Waals surface area contributed by atoms with Crippen molar-refractivity contribution in [3.8, 4) is 0 Å². The zero-order valence-electron chi connectivity index (χ0n) is 10.6. The fraction of sp³-hybridized carbons (Fsp3) is 0.818. The summed E-state index contributed by atoms with van der Waals surface area (Å²) in [7, 11) is 0. The van der Waals surface area contributed by atoms with Crippen LogP contribution in [0.3, 0.4) is 0 Å². The molecule has 1 rings (SSSR count). The Labute approximate surface area is 101 Å². The molecule has 0 spiro atoms. The molecular weight excluding hydrogens is 222 g/mol. The quantitative estimate of drug-likeness (QED) is 0.679. The van der Waals surface area contributed by atoms with Crippen LogP contribution in [0.5, 0.6) is 0 Å². The molecule has 1 aliphatic rings. The number of hydrogen-bond acceptors (Lipinski definition) is 4. The number of amides is 2. The normalized spacial score (nSPS) is 25.4. The topological polar surface area (TPSA) is 98.6 Å². The Kier molecular flexibility index (Phi) is 4.11. The first-order valence-electron chi connectivity index (χ1n) is 5.72. The highest BCUT2D eigenvalue weighted by atomic mass is 16.5. The Morgan fingerprint density at radius 2 is 2.12 bits per heavy atom. The zero-order valence-corrected chi connectivity index (χ0v) is 10.6. The average Bonchev–Trinajstić information content (AvgIpc) is 2.12. The molecule has 0 aromatic rings. The maximum absolute atomic E-state index is 12.0. The van der Waals surface area contributed by atoms with Gasteiger partial charge in [0.05, 0.1) is 24.2 Å². The van der Waals surface area contributed by atoms with Crippen molar-refractivity contribution >= 4 is 11.8 Å². The van der Waals surface area contributed by atoms with Crippen LogP contribution in [-0.4, -0.2) is 47.6 Å². The van der Waals surface area contributed by atoms with Crippen LogP contribution in [0.25, 0.3) is 0 Å². The van der Waals surface area contributed by atoms with E-state index < -0.39 is 11.9 Å². The second-order valence-electron chi connectivity index (χ2n) is 5.18. The molecule has 98 valence electrons. The van der Waals surface area contributed by atoms with E-state index in [0.29, 0.717) is 13.1 Å². The first kappa shape index (κ1) is 13.9. The van der Waals surface area contributed by atoms with Crippen molar-refractivity contribution in [1.82, 2.24) is 4.90 Å². The average molecular weight is 243 g/mol. The largest absolute Gasteiger partial charge is 0.370 e. The molecular formula is C11H21N3O3. The van der Waals surface area contributed by atoms with E-state index in [1.54, 1.807) is 4.90 Å². The molecule has 2 unspecified atom stereocenters. The van der Waals surface area contributed by atoms with Gasteiger partial charge in [0.15, 0.2) is 0 Å². The molecule has 0 saturated carbocycles. The van der Waals surface area contributed by atoms with Gasteiger partial charge in [0.25, 0.3) is 0 Å². The second kappa shape index (κ2) is 5.01. The summed E-state index contributed by atoms with van der Waals surface area (Å²) in [5.41, 5.74) is 10.3. The minimum absolute atomic E-state index is 0.0384. The van der Waals surface area contributed by atoms with E-state index in [1.165, 1.54) is 0 Å². The van der Waals surface area contributed by atoms with Crippen molar-refractivity contribution < 1.29 is 14.3 Å². The number of ether oxygens (including phenoxy) is 1. The van der Waals surface area contributed by atoms with Gasteiger partial charge in [0.1, 0.15) is 0 Å². The van der Waals surface area contributed by atoms with Gasteiger partial charge in [0.2, 0.25) is 11.8 Å². The highest BCUT2D eigenvalue weighted by Crippen LogP contribution is 2.21. The van der Waals surface area contributed by atoms with Crippen molar-refractivity contribution in [2.45, 2.75) is 44.9 Å². The van der Waals surface area contributed by atoms with E-state index in [2.05, 4.69) is 0 Å². The van der Waals surface area contributed by atoms with Crippen LogP contribution in [0.1, 0.15) is 27.2 Å². The summed E-state index contributed by atoms with van der Waals surface area (Å²) in [5.74, 6) is -0.807. The van der Waals surface area contributed by atoms with Gasteiger partial charge in [-0.3, -0.25) is 9.59 Å². The Balaban J connectivity index is 2.65. The van der Waals surface area contributed by atoms with Crippen molar-refractivity contribution in [3.05, 3.63) is 0 Å². The first-order chi connectivity index (χ1) is 7.71. The fourth-order valence-corrected chi connectivity index (χ4v) is 2.16. The predicted molar refractivity (Wildman–Crippen MR) is 63.0 cm³/mol. The van der Waals surface area contributed by atoms with Gasteiger partial charge < -0.3 is 21.1 Å². The van der Waals surface area contributed by atoms with Crippen molar-refractivity contribution in [1.29, 1.82) is 0 Å². The lowest BCUT2D eigenvalue weighted by Gasteiger charge is -2.42. The highest BCUT2D eigenvalue weighted by molar-refractivity contribution is 5.87. The lowest BCUT2D eigenvalue weighted by Crippen LogP contribution is -2.57. The molecule has 2 amide bonds. The molecule has 6 nitrogen and oxygen atoms in total. The molecule has 0 radical (unpaired) electrons. The Morgan fingerprint density at radius 1 is 1.53 bits per heavy atom. The molecule has 4 N–H and O–H groups in total.